The van der Waals surface area contributed by atoms with Gasteiger partial charge < -0.3 is 0 Å². The standard InChI is InChI=1S/C47H35NS2/c1-28-13-3-4-14-33(28)35-19-11-18-34(29(35)2)30-25-31(36-20-12-21-38-37-15-6-9-23-42(37)49-46(36)38)27-32(26-30)45-47-44(39-16-5-8-22-41(39)48-45)40-17-7-10-24-43(40)50-47/h3,5-13,15-25,27,30H,4,14,26H2,1-2H3. The van der Waals surface area contributed by atoms with Crippen LogP contribution in [0.4, 0.5) is 0 Å². The molecule has 0 saturated heterocycles. The van der Waals surface area contributed by atoms with E-state index in [0.29, 0.717) is 0 Å². The molecular weight excluding hydrogens is 643 g/mol. The Labute approximate surface area is 300 Å². The average Bonchev–Trinajstić information content (AvgIpc) is 3.74. The summed E-state index contributed by atoms with van der Waals surface area (Å²) >= 11 is 3.80. The Bertz CT molecular complexity index is 2820. The fraction of sp³-hybridized carbons (Fsp3) is 0.128. The second kappa shape index (κ2) is 11.8. The topological polar surface area (TPSA) is 12.9 Å². The van der Waals surface area contributed by atoms with Crippen LogP contribution in [-0.2, 0) is 0 Å². The second-order valence-corrected chi connectivity index (χ2v) is 15.9. The lowest BCUT2D eigenvalue weighted by Gasteiger charge is -2.26. The third-order valence-corrected chi connectivity index (χ3v) is 13.3. The molecule has 0 aliphatic heterocycles. The fourth-order valence-electron chi connectivity index (χ4n) is 8.48. The quantitative estimate of drug-likeness (QED) is 0.181. The van der Waals surface area contributed by atoms with E-state index in [1.165, 1.54) is 90.3 Å². The van der Waals surface area contributed by atoms with Crippen molar-refractivity contribution in [2.45, 2.75) is 39.0 Å². The molecule has 2 aliphatic carbocycles. The number of nitrogens with zero attached hydrogens (tertiary/aromatic N) is 1. The van der Waals surface area contributed by atoms with Crippen LogP contribution in [0.1, 0.15) is 60.1 Å². The van der Waals surface area contributed by atoms with Crippen LogP contribution in [0.5, 0.6) is 0 Å². The Morgan fingerprint density at radius 2 is 1.36 bits per heavy atom. The zero-order valence-corrected chi connectivity index (χ0v) is 29.8. The van der Waals surface area contributed by atoms with Crippen molar-refractivity contribution in [2.24, 2.45) is 0 Å². The zero-order valence-electron chi connectivity index (χ0n) is 28.2. The summed E-state index contributed by atoms with van der Waals surface area (Å²) in [6.45, 7) is 4.61. The van der Waals surface area contributed by atoms with Crippen molar-refractivity contribution >= 4 is 90.6 Å². The summed E-state index contributed by atoms with van der Waals surface area (Å²) in [6.07, 6.45) is 12.7. The molecule has 0 spiro atoms. The van der Waals surface area contributed by atoms with Crippen LogP contribution >= 0.6 is 22.7 Å². The number of para-hydroxylation sites is 1. The van der Waals surface area contributed by atoms with Gasteiger partial charge in [0.15, 0.2) is 0 Å². The molecule has 2 aliphatic rings. The van der Waals surface area contributed by atoms with Crippen LogP contribution in [0.3, 0.4) is 0 Å². The molecule has 0 radical (unpaired) electrons. The number of rotatable bonds is 4. The molecule has 5 aromatic carbocycles. The van der Waals surface area contributed by atoms with E-state index in [2.05, 4.69) is 147 Å². The number of hydrogen-bond acceptors (Lipinski definition) is 3. The average molecular weight is 678 g/mol. The summed E-state index contributed by atoms with van der Waals surface area (Å²) in [5.74, 6) is 0.215. The summed E-state index contributed by atoms with van der Waals surface area (Å²) in [5, 5.41) is 6.56. The van der Waals surface area contributed by atoms with E-state index in [1.54, 1.807) is 0 Å². The van der Waals surface area contributed by atoms with E-state index in [1.807, 2.05) is 22.7 Å². The minimum Gasteiger partial charge on any atom is -0.247 e. The molecule has 3 heteroatoms. The van der Waals surface area contributed by atoms with E-state index >= 15 is 0 Å². The van der Waals surface area contributed by atoms with Gasteiger partial charge in [-0.05, 0) is 102 Å². The van der Waals surface area contributed by atoms with Crippen LogP contribution in [0.25, 0.3) is 68.0 Å². The van der Waals surface area contributed by atoms with Crippen LogP contribution < -0.4 is 0 Å². The SMILES string of the molecule is CC1=C(c2cccc(C3C=C(c4cccc5c4sc4ccccc45)C=C(c4nc5ccccc5c5c4sc4ccccc45)C3)c2C)CCC=C1. The van der Waals surface area contributed by atoms with Gasteiger partial charge in [0, 0.05) is 46.9 Å². The molecule has 10 rings (SSSR count). The van der Waals surface area contributed by atoms with Gasteiger partial charge in [0.25, 0.3) is 0 Å². The second-order valence-electron chi connectivity index (χ2n) is 13.8. The molecule has 3 heterocycles. The lowest BCUT2D eigenvalue weighted by atomic mass is 9.78. The smallest absolute Gasteiger partial charge is 0.0848 e. The van der Waals surface area contributed by atoms with Gasteiger partial charge in [0.1, 0.15) is 0 Å². The molecule has 50 heavy (non-hydrogen) atoms. The number of pyridine rings is 1. The van der Waals surface area contributed by atoms with Gasteiger partial charge in [-0.25, -0.2) is 4.98 Å². The minimum absolute atomic E-state index is 0.215. The first kappa shape index (κ1) is 29.8. The Balaban J connectivity index is 1.23. The zero-order chi connectivity index (χ0) is 33.3. The summed E-state index contributed by atoms with van der Waals surface area (Å²) < 4.78 is 5.30. The van der Waals surface area contributed by atoms with Crippen LogP contribution in [0, 0.1) is 6.92 Å². The van der Waals surface area contributed by atoms with Gasteiger partial charge in [0.2, 0.25) is 0 Å². The summed E-state index contributed by atoms with van der Waals surface area (Å²) in [5.41, 5.74) is 13.2. The molecule has 3 aromatic heterocycles. The highest BCUT2D eigenvalue weighted by atomic mass is 32.1. The monoisotopic (exact) mass is 677 g/mol. The molecule has 1 nitrogen and oxygen atoms in total. The van der Waals surface area contributed by atoms with Gasteiger partial charge in [0.05, 0.1) is 15.9 Å². The van der Waals surface area contributed by atoms with Crippen LogP contribution in [0.15, 0.2) is 139 Å². The summed E-state index contributed by atoms with van der Waals surface area (Å²) in [6, 6.07) is 40.2. The Hall–Kier alpha value is -5.09. The molecule has 0 bridgehead atoms. The maximum Gasteiger partial charge on any atom is 0.0848 e. The van der Waals surface area contributed by atoms with Crippen LogP contribution in [-0.4, -0.2) is 4.98 Å². The van der Waals surface area contributed by atoms with E-state index in [9.17, 15) is 0 Å². The van der Waals surface area contributed by atoms with Crippen molar-refractivity contribution in [3.63, 3.8) is 0 Å². The molecule has 1 atom stereocenters. The van der Waals surface area contributed by atoms with E-state index in [0.717, 1.165) is 30.5 Å². The van der Waals surface area contributed by atoms with Crippen molar-refractivity contribution in [3.05, 3.63) is 167 Å². The highest BCUT2D eigenvalue weighted by molar-refractivity contribution is 7.26. The van der Waals surface area contributed by atoms with Gasteiger partial charge in [-0.2, -0.15) is 0 Å². The maximum absolute atomic E-state index is 5.50. The van der Waals surface area contributed by atoms with Crippen molar-refractivity contribution < 1.29 is 0 Å². The largest absolute Gasteiger partial charge is 0.247 e. The molecule has 8 aromatic rings. The lowest BCUT2D eigenvalue weighted by Crippen LogP contribution is -2.08. The molecule has 240 valence electrons. The number of allylic oxidation sites excluding steroid dienone is 8. The lowest BCUT2D eigenvalue weighted by molar-refractivity contribution is 0.857. The predicted octanol–water partition coefficient (Wildman–Crippen LogP) is 14.1. The predicted molar refractivity (Wildman–Crippen MR) is 219 cm³/mol. The molecular formula is C47H35NS2. The van der Waals surface area contributed by atoms with Crippen LogP contribution in [0.2, 0.25) is 0 Å². The van der Waals surface area contributed by atoms with E-state index < -0.39 is 0 Å². The number of benzene rings is 5. The first-order valence-electron chi connectivity index (χ1n) is 17.6. The summed E-state index contributed by atoms with van der Waals surface area (Å²) in [7, 11) is 0. The minimum atomic E-state index is 0.215. The number of aromatic nitrogens is 1. The van der Waals surface area contributed by atoms with Crippen molar-refractivity contribution in [2.75, 3.05) is 0 Å². The van der Waals surface area contributed by atoms with E-state index in [4.69, 9.17) is 4.98 Å². The van der Waals surface area contributed by atoms with Gasteiger partial charge in [-0.3, -0.25) is 0 Å². The molecule has 0 N–H and O–H groups in total. The molecule has 0 saturated carbocycles. The Morgan fingerprint density at radius 3 is 2.22 bits per heavy atom. The highest BCUT2D eigenvalue weighted by Crippen LogP contribution is 2.48. The molecule has 0 fully saturated rings. The third-order valence-electron chi connectivity index (χ3n) is 10.9. The van der Waals surface area contributed by atoms with Gasteiger partial charge in [-0.1, -0.05) is 109 Å². The van der Waals surface area contributed by atoms with Gasteiger partial charge in [-0.15, -0.1) is 22.7 Å². The Morgan fingerprint density at radius 1 is 0.660 bits per heavy atom. The molecule has 1 unspecified atom stereocenters. The van der Waals surface area contributed by atoms with E-state index in [-0.39, 0.29) is 5.92 Å². The maximum atomic E-state index is 5.50. The first-order chi connectivity index (χ1) is 24.6. The normalized spacial score (nSPS) is 16.6. The summed E-state index contributed by atoms with van der Waals surface area (Å²) in [4.78, 5) is 5.50. The Kier molecular flexibility index (Phi) is 7.01. The van der Waals surface area contributed by atoms with Crippen molar-refractivity contribution in [1.29, 1.82) is 0 Å². The number of hydrogen-bond donors (Lipinski definition) is 0. The fourth-order valence-corrected chi connectivity index (χ4v) is 11.0. The first-order valence-corrected chi connectivity index (χ1v) is 19.3. The van der Waals surface area contributed by atoms with Crippen molar-refractivity contribution in [3.8, 4) is 0 Å². The van der Waals surface area contributed by atoms with Gasteiger partial charge >= 0.3 is 0 Å². The molecule has 0 amide bonds. The van der Waals surface area contributed by atoms with Crippen molar-refractivity contribution in [1.82, 2.24) is 4.98 Å². The third kappa shape index (κ3) is 4.68. The number of thiophene rings is 2. The highest BCUT2D eigenvalue weighted by Gasteiger charge is 2.26. The number of fused-ring (bicyclic) bond motifs is 8.